The van der Waals surface area contributed by atoms with E-state index in [-0.39, 0.29) is 0 Å². The Morgan fingerprint density at radius 2 is 1.92 bits per heavy atom. The van der Waals surface area contributed by atoms with E-state index >= 15 is 0 Å². The number of hydrogen-bond donors (Lipinski definition) is 0. The summed E-state index contributed by atoms with van der Waals surface area (Å²) in [6.45, 7) is 13.4. The fraction of sp³-hybridized carbons (Fsp3) is 0.833. The van der Waals surface area contributed by atoms with Gasteiger partial charge in [0.05, 0.1) is 0 Å². The summed E-state index contributed by atoms with van der Waals surface area (Å²) in [4.78, 5) is 0. The SMILES string of the molecule is C=C(CC)C(C)C1CC1C(C)C. The highest BCUT2D eigenvalue weighted by Gasteiger charge is 2.42. The summed E-state index contributed by atoms with van der Waals surface area (Å²) in [5.74, 6) is 3.59. The molecule has 0 bridgehead atoms. The van der Waals surface area contributed by atoms with Crippen LogP contribution in [0.2, 0.25) is 0 Å². The van der Waals surface area contributed by atoms with E-state index in [9.17, 15) is 0 Å². The smallest absolute Gasteiger partial charge is 0.0203 e. The quantitative estimate of drug-likeness (QED) is 0.556. The molecular weight excluding hydrogens is 144 g/mol. The molecule has 0 radical (unpaired) electrons. The van der Waals surface area contributed by atoms with Gasteiger partial charge in [-0.2, -0.15) is 0 Å². The van der Waals surface area contributed by atoms with E-state index in [1.54, 1.807) is 0 Å². The van der Waals surface area contributed by atoms with Crippen molar-refractivity contribution in [1.82, 2.24) is 0 Å². The zero-order valence-electron chi connectivity index (χ0n) is 8.93. The van der Waals surface area contributed by atoms with Crippen molar-refractivity contribution in [2.45, 2.75) is 40.5 Å². The fourth-order valence-corrected chi connectivity index (χ4v) is 2.20. The van der Waals surface area contributed by atoms with Gasteiger partial charge in [-0.3, -0.25) is 0 Å². The highest BCUT2D eigenvalue weighted by molar-refractivity contribution is 5.06. The molecule has 1 aliphatic rings. The molecule has 0 spiro atoms. The Hall–Kier alpha value is -0.260. The van der Waals surface area contributed by atoms with Crippen molar-refractivity contribution in [2.24, 2.45) is 23.7 Å². The summed E-state index contributed by atoms with van der Waals surface area (Å²) in [6, 6.07) is 0. The van der Waals surface area contributed by atoms with Crippen molar-refractivity contribution < 1.29 is 0 Å². The second-order valence-electron chi connectivity index (χ2n) is 4.61. The average molecular weight is 166 g/mol. The Labute approximate surface area is 77.1 Å². The molecule has 0 aromatic carbocycles. The summed E-state index contributed by atoms with van der Waals surface area (Å²) >= 11 is 0. The van der Waals surface area contributed by atoms with Crippen LogP contribution in [0.15, 0.2) is 12.2 Å². The molecule has 0 nitrogen and oxygen atoms in total. The largest absolute Gasteiger partial charge is 0.0996 e. The maximum Gasteiger partial charge on any atom is -0.0203 e. The predicted octanol–water partition coefficient (Wildman–Crippen LogP) is 3.88. The molecule has 3 unspecified atom stereocenters. The van der Waals surface area contributed by atoms with Crippen LogP contribution in [0.4, 0.5) is 0 Å². The van der Waals surface area contributed by atoms with Gasteiger partial charge in [0.25, 0.3) is 0 Å². The lowest BCUT2D eigenvalue weighted by Crippen LogP contribution is -2.04. The van der Waals surface area contributed by atoms with Gasteiger partial charge in [-0.25, -0.2) is 0 Å². The molecule has 12 heavy (non-hydrogen) atoms. The highest BCUT2D eigenvalue weighted by Crippen LogP contribution is 2.50. The minimum Gasteiger partial charge on any atom is -0.0996 e. The van der Waals surface area contributed by atoms with Crippen LogP contribution in [-0.4, -0.2) is 0 Å². The molecule has 1 saturated carbocycles. The number of rotatable bonds is 4. The Balaban J connectivity index is 2.37. The van der Waals surface area contributed by atoms with Gasteiger partial charge in [-0.15, -0.1) is 0 Å². The van der Waals surface area contributed by atoms with Crippen LogP contribution in [0.3, 0.4) is 0 Å². The summed E-state index contributed by atoms with van der Waals surface area (Å²) in [5, 5.41) is 0. The maximum atomic E-state index is 4.13. The van der Waals surface area contributed by atoms with E-state index in [1.807, 2.05) is 0 Å². The zero-order chi connectivity index (χ0) is 9.30. The van der Waals surface area contributed by atoms with E-state index in [0.717, 1.165) is 30.1 Å². The Morgan fingerprint density at radius 3 is 2.25 bits per heavy atom. The van der Waals surface area contributed by atoms with Crippen molar-refractivity contribution in [3.63, 3.8) is 0 Å². The van der Waals surface area contributed by atoms with E-state index in [2.05, 4.69) is 34.3 Å². The van der Waals surface area contributed by atoms with Crippen LogP contribution >= 0.6 is 0 Å². The second kappa shape index (κ2) is 3.64. The third kappa shape index (κ3) is 1.91. The van der Waals surface area contributed by atoms with Crippen LogP contribution in [0, 0.1) is 23.7 Å². The molecule has 3 atom stereocenters. The second-order valence-corrected chi connectivity index (χ2v) is 4.61. The fourth-order valence-electron chi connectivity index (χ4n) is 2.20. The molecule has 0 aromatic heterocycles. The third-order valence-electron chi connectivity index (χ3n) is 3.49. The molecule has 1 aliphatic carbocycles. The first kappa shape index (κ1) is 9.83. The van der Waals surface area contributed by atoms with Crippen LogP contribution in [0.5, 0.6) is 0 Å². The summed E-state index contributed by atoms with van der Waals surface area (Å²) < 4.78 is 0. The maximum absolute atomic E-state index is 4.13. The molecule has 1 rings (SSSR count). The van der Waals surface area contributed by atoms with Crippen molar-refractivity contribution in [1.29, 1.82) is 0 Å². The van der Waals surface area contributed by atoms with E-state index in [1.165, 1.54) is 12.0 Å². The Bertz CT molecular complexity index is 167. The minimum absolute atomic E-state index is 0.766. The van der Waals surface area contributed by atoms with Gasteiger partial charge in [0.15, 0.2) is 0 Å². The van der Waals surface area contributed by atoms with Gasteiger partial charge in [0.2, 0.25) is 0 Å². The van der Waals surface area contributed by atoms with Crippen LogP contribution in [0.1, 0.15) is 40.5 Å². The highest BCUT2D eigenvalue weighted by atomic mass is 14.5. The Kier molecular flexibility index (Phi) is 2.98. The first-order valence-electron chi connectivity index (χ1n) is 5.25. The Morgan fingerprint density at radius 1 is 1.33 bits per heavy atom. The van der Waals surface area contributed by atoms with Crippen LogP contribution < -0.4 is 0 Å². The van der Waals surface area contributed by atoms with Crippen LogP contribution in [-0.2, 0) is 0 Å². The van der Waals surface area contributed by atoms with E-state index in [4.69, 9.17) is 0 Å². The molecule has 0 amide bonds. The van der Waals surface area contributed by atoms with Crippen molar-refractivity contribution in [3.8, 4) is 0 Å². The summed E-state index contributed by atoms with van der Waals surface area (Å²) in [6.07, 6.45) is 2.60. The van der Waals surface area contributed by atoms with Crippen molar-refractivity contribution >= 4 is 0 Å². The lowest BCUT2D eigenvalue weighted by molar-refractivity contribution is 0.456. The lowest BCUT2D eigenvalue weighted by Gasteiger charge is -2.13. The first-order chi connectivity index (χ1) is 5.57. The van der Waals surface area contributed by atoms with Crippen LogP contribution in [0.25, 0.3) is 0 Å². The van der Waals surface area contributed by atoms with Gasteiger partial charge in [0.1, 0.15) is 0 Å². The third-order valence-corrected chi connectivity index (χ3v) is 3.49. The summed E-state index contributed by atoms with van der Waals surface area (Å²) in [7, 11) is 0. The van der Waals surface area contributed by atoms with Crippen molar-refractivity contribution in [3.05, 3.63) is 12.2 Å². The molecule has 0 aromatic rings. The average Bonchev–Trinajstić information content (AvgIpc) is 2.80. The van der Waals surface area contributed by atoms with Gasteiger partial charge < -0.3 is 0 Å². The topological polar surface area (TPSA) is 0 Å². The van der Waals surface area contributed by atoms with Crippen molar-refractivity contribution in [2.75, 3.05) is 0 Å². The predicted molar refractivity (Wildman–Crippen MR) is 55.0 cm³/mol. The molecule has 0 heteroatoms. The monoisotopic (exact) mass is 166 g/mol. The first-order valence-corrected chi connectivity index (χ1v) is 5.25. The van der Waals surface area contributed by atoms with E-state index in [0.29, 0.717) is 0 Å². The number of hydrogen-bond acceptors (Lipinski definition) is 0. The molecule has 1 fully saturated rings. The standard InChI is InChI=1S/C12H22/c1-6-9(4)10(5)12-7-11(12)8(2)3/h8,10-12H,4,6-7H2,1-3,5H3. The molecular formula is C12H22. The number of allylic oxidation sites excluding steroid dienone is 1. The van der Waals surface area contributed by atoms with Gasteiger partial charge in [-0.05, 0) is 36.5 Å². The molecule has 0 aliphatic heterocycles. The lowest BCUT2D eigenvalue weighted by atomic mass is 9.92. The van der Waals surface area contributed by atoms with Gasteiger partial charge in [0, 0.05) is 0 Å². The molecule has 0 saturated heterocycles. The normalized spacial score (nSPS) is 30.4. The molecule has 0 N–H and O–H groups in total. The molecule has 0 heterocycles. The van der Waals surface area contributed by atoms with E-state index < -0.39 is 0 Å². The zero-order valence-corrected chi connectivity index (χ0v) is 8.93. The minimum atomic E-state index is 0.766. The summed E-state index contributed by atoms with van der Waals surface area (Å²) in [5.41, 5.74) is 1.45. The van der Waals surface area contributed by atoms with Gasteiger partial charge >= 0.3 is 0 Å². The van der Waals surface area contributed by atoms with Gasteiger partial charge in [-0.1, -0.05) is 39.8 Å². The molecule has 70 valence electrons.